The monoisotopic (exact) mass is 383 g/mol. The molecule has 0 unspecified atom stereocenters. The molecule has 1 aliphatic rings. The molecule has 8 heteroatoms. The number of hydrogen-bond acceptors (Lipinski definition) is 7. The highest BCUT2D eigenvalue weighted by Gasteiger charge is 2.27. The van der Waals surface area contributed by atoms with Gasteiger partial charge >= 0.3 is 0 Å². The van der Waals surface area contributed by atoms with Crippen molar-refractivity contribution in [2.75, 3.05) is 10.6 Å². The summed E-state index contributed by atoms with van der Waals surface area (Å²) in [6.45, 7) is 0. The first-order valence-corrected chi connectivity index (χ1v) is 9.31. The van der Waals surface area contributed by atoms with Crippen LogP contribution >= 0.6 is 0 Å². The Morgan fingerprint density at radius 3 is 2.52 bits per heavy atom. The molecule has 1 fully saturated rings. The average molecular weight is 383 g/mol. The van der Waals surface area contributed by atoms with Crippen LogP contribution in [0.25, 0.3) is 11.0 Å². The number of anilines is 3. The predicted octanol–water partition coefficient (Wildman–Crippen LogP) is 3.69. The molecule has 1 aromatic carbocycles. The molecule has 4 aromatic rings. The molecule has 0 saturated heterocycles. The molecule has 142 valence electrons. The summed E-state index contributed by atoms with van der Waals surface area (Å²) in [5.41, 5.74) is 4.67. The SMILES string of the molecule is O=C(Nc1ccc2nccnc2c1)c1nc(C2CC2)ccc1Nc1cncnc1. The Morgan fingerprint density at radius 1 is 0.931 bits per heavy atom. The Kier molecular flexibility index (Phi) is 4.28. The van der Waals surface area contributed by atoms with Crippen molar-refractivity contribution in [2.45, 2.75) is 18.8 Å². The van der Waals surface area contributed by atoms with Crippen molar-refractivity contribution in [2.24, 2.45) is 0 Å². The van der Waals surface area contributed by atoms with E-state index in [0.717, 1.165) is 24.1 Å². The van der Waals surface area contributed by atoms with Gasteiger partial charge in [0, 0.05) is 29.7 Å². The van der Waals surface area contributed by atoms with Crippen LogP contribution in [-0.2, 0) is 0 Å². The molecular formula is C21H17N7O. The summed E-state index contributed by atoms with van der Waals surface area (Å²) in [6.07, 6.45) is 10.2. The fourth-order valence-corrected chi connectivity index (χ4v) is 3.11. The molecular weight excluding hydrogens is 366 g/mol. The Balaban J connectivity index is 1.46. The highest BCUT2D eigenvalue weighted by Crippen LogP contribution is 2.39. The number of hydrogen-bond donors (Lipinski definition) is 2. The number of nitrogens with one attached hydrogen (secondary N) is 2. The molecule has 3 heterocycles. The molecule has 29 heavy (non-hydrogen) atoms. The van der Waals surface area contributed by atoms with Crippen molar-refractivity contribution in [1.82, 2.24) is 24.9 Å². The van der Waals surface area contributed by atoms with Crippen LogP contribution in [0.15, 0.2) is 61.4 Å². The van der Waals surface area contributed by atoms with Crippen molar-refractivity contribution in [3.8, 4) is 0 Å². The van der Waals surface area contributed by atoms with E-state index < -0.39 is 0 Å². The van der Waals surface area contributed by atoms with Crippen LogP contribution in [0.1, 0.15) is 34.9 Å². The Hall–Kier alpha value is -3.94. The van der Waals surface area contributed by atoms with E-state index in [0.29, 0.717) is 34.2 Å². The largest absolute Gasteiger partial charge is 0.351 e. The summed E-state index contributed by atoms with van der Waals surface area (Å²) in [5, 5.41) is 6.11. The van der Waals surface area contributed by atoms with E-state index in [1.165, 1.54) is 6.33 Å². The summed E-state index contributed by atoms with van der Waals surface area (Å²) < 4.78 is 0. The van der Waals surface area contributed by atoms with Crippen molar-refractivity contribution in [1.29, 1.82) is 0 Å². The minimum absolute atomic E-state index is 0.296. The number of benzene rings is 1. The van der Waals surface area contributed by atoms with Crippen LogP contribution in [-0.4, -0.2) is 30.8 Å². The number of nitrogens with zero attached hydrogens (tertiary/aromatic N) is 5. The van der Waals surface area contributed by atoms with E-state index in [9.17, 15) is 4.79 Å². The Morgan fingerprint density at radius 2 is 1.72 bits per heavy atom. The third-order valence-corrected chi connectivity index (χ3v) is 4.69. The zero-order chi connectivity index (χ0) is 19.6. The number of rotatable bonds is 5. The Labute approximate surface area is 166 Å². The summed E-state index contributed by atoms with van der Waals surface area (Å²) >= 11 is 0. The number of fused-ring (bicyclic) bond motifs is 1. The van der Waals surface area contributed by atoms with E-state index in [1.54, 1.807) is 36.9 Å². The third-order valence-electron chi connectivity index (χ3n) is 4.69. The van der Waals surface area contributed by atoms with Crippen LogP contribution in [0.2, 0.25) is 0 Å². The third kappa shape index (κ3) is 3.73. The number of carbonyl (C=O) groups excluding carboxylic acids is 1. The second-order valence-electron chi connectivity index (χ2n) is 6.87. The molecule has 0 bridgehead atoms. The molecule has 0 atom stereocenters. The van der Waals surface area contributed by atoms with E-state index >= 15 is 0 Å². The van der Waals surface area contributed by atoms with Crippen molar-refractivity contribution < 1.29 is 4.79 Å². The lowest BCUT2D eigenvalue weighted by molar-refractivity contribution is 0.102. The topological polar surface area (TPSA) is 106 Å². The van der Waals surface area contributed by atoms with Crippen molar-refractivity contribution in [3.05, 3.63) is 72.8 Å². The van der Waals surface area contributed by atoms with Gasteiger partial charge in [0.15, 0.2) is 5.69 Å². The Bertz CT molecular complexity index is 1190. The van der Waals surface area contributed by atoms with E-state index in [1.807, 2.05) is 18.2 Å². The van der Waals surface area contributed by atoms with Gasteiger partial charge in [-0.1, -0.05) is 0 Å². The fourth-order valence-electron chi connectivity index (χ4n) is 3.11. The van der Waals surface area contributed by atoms with Crippen molar-refractivity contribution >= 4 is 34.0 Å². The van der Waals surface area contributed by atoms with Gasteiger partial charge in [0.1, 0.15) is 6.33 Å². The number of carbonyl (C=O) groups is 1. The molecule has 0 radical (unpaired) electrons. The standard InChI is InChI=1S/C21H17N7O/c29-21(27-14-3-4-17-19(9-14)25-8-7-24-17)20-18(26-15-10-22-12-23-11-15)6-5-16(28-20)13-1-2-13/h3-13,26H,1-2H2,(H,27,29). The molecule has 5 rings (SSSR count). The molecule has 1 saturated carbocycles. The first kappa shape index (κ1) is 17.2. The highest BCUT2D eigenvalue weighted by atomic mass is 16.1. The summed E-state index contributed by atoms with van der Waals surface area (Å²) in [6, 6.07) is 9.27. The lowest BCUT2D eigenvalue weighted by atomic mass is 10.2. The minimum atomic E-state index is -0.296. The summed E-state index contributed by atoms with van der Waals surface area (Å²) in [5.74, 6) is 0.140. The molecule has 3 aromatic heterocycles. The zero-order valence-corrected chi connectivity index (χ0v) is 15.4. The smallest absolute Gasteiger partial charge is 0.276 e. The summed E-state index contributed by atoms with van der Waals surface area (Å²) in [4.78, 5) is 34.3. The maximum Gasteiger partial charge on any atom is 0.276 e. The fraction of sp³-hybridized carbons (Fsp3) is 0.143. The van der Waals surface area contributed by atoms with Gasteiger partial charge in [-0.15, -0.1) is 0 Å². The predicted molar refractivity (Wildman–Crippen MR) is 109 cm³/mol. The second kappa shape index (κ2) is 7.23. The van der Waals surface area contributed by atoms with Crippen LogP contribution in [0.3, 0.4) is 0 Å². The van der Waals surface area contributed by atoms with Gasteiger partial charge in [0.25, 0.3) is 5.91 Å². The zero-order valence-electron chi connectivity index (χ0n) is 15.4. The van der Waals surface area contributed by atoms with Gasteiger partial charge in [-0.25, -0.2) is 15.0 Å². The highest BCUT2D eigenvalue weighted by molar-refractivity contribution is 6.07. The van der Waals surface area contributed by atoms with E-state index in [-0.39, 0.29) is 5.91 Å². The van der Waals surface area contributed by atoms with Gasteiger partial charge in [-0.3, -0.25) is 14.8 Å². The molecule has 1 amide bonds. The maximum absolute atomic E-state index is 13.1. The van der Waals surface area contributed by atoms with Gasteiger partial charge in [0.05, 0.1) is 34.8 Å². The second-order valence-corrected chi connectivity index (χ2v) is 6.87. The quantitative estimate of drug-likeness (QED) is 0.541. The maximum atomic E-state index is 13.1. The minimum Gasteiger partial charge on any atom is -0.351 e. The van der Waals surface area contributed by atoms with E-state index in [4.69, 9.17) is 0 Å². The number of pyridine rings is 1. The van der Waals surface area contributed by atoms with Gasteiger partial charge in [-0.05, 0) is 43.2 Å². The van der Waals surface area contributed by atoms with Crippen molar-refractivity contribution in [3.63, 3.8) is 0 Å². The molecule has 8 nitrogen and oxygen atoms in total. The first-order chi connectivity index (χ1) is 14.3. The molecule has 0 spiro atoms. The van der Waals surface area contributed by atoms with Crippen LogP contribution in [0, 0.1) is 0 Å². The van der Waals surface area contributed by atoms with Crippen LogP contribution < -0.4 is 10.6 Å². The van der Waals surface area contributed by atoms with Crippen LogP contribution in [0.4, 0.5) is 17.1 Å². The summed E-state index contributed by atoms with van der Waals surface area (Å²) in [7, 11) is 0. The van der Waals surface area contributed by atoms with E-state index in [2.05, 4.69) is 35.6 Å². The first-order valence-electron chi connectivity index (χ1n) is 9.31. The average Bonchev–Trinajstić information content (AvgIpc) is 3.60. The molecule has 2 N–H and O–H groups in total. The van der Waals surface area contributed by atoms with Gasteiger partial charge < -0.3 is 10.6 Å². The molecule has 1 aliphatic carbocycles. The lowest BCUT2D eigenvalue weighted by Crippen LogP contribution is -2.16. The van der Waals surface area contributed by atoms with Gasteiger partial charge in [-0.2, -0.15) is 0 Å². The molecule has 0 aliphatic heterocycles. The van der Waals surface area contributed by atoms with Crippen LogP contribution in [0.5, 0.6) is 0 Å². The normalized spacial score (nSPS) is 13.2. The number of aromatic nitrogens is 5. The van der Waals surface area contributed by atoms with Gasteiger partial charge in [0.2, 0.25) is 0 Å². The number of amides is 1. The lowest BCUT2D eigenvalue weighted by Gasteiger charge is -2.13.